The van der Waals surface area contributed by atoms with Crippen LogP contribution in [0.25, 0.3) is 10.9 Å². The van der Waals surface area contributed by atoms with Crippen LogP contribution in [-0.4, -0.2) is 61.2 Å². The minimum Gasteiger partial charge on any atom is -0.497 e. The summed E-state index contributed by atoms with van der Waals surface area (Å²) in [6, 6.07) is 12.1. The first-order valence-corrected chi connectivity index (χ1v) is 13.6. The summed E-state index contributed by atoms with van der Waals surface area (Å²) in [5.41, 5.74) is 3.42. The van der Waals surface area contributed by atoms with E-state index in [1.54, 1.807) is 18.9 Å². The number of nitrogens with zero attached hydrogens (tertiary/aromatic N) is 3. The van der Waals surface area contributed by atoms with Crippen LogP contribution in [0, 0.1) is 5.41 Å². The minimum absolute atomic E-state index is 0.0330. The third-order valence-corrected chi connectivity index (χ3v) is 8.31. The normalized spacial score (nSPS) is 16.2. The first kappa shape index (κ1) is 25.7. The maximum absolute atomic E-state index is 11.4. The molecule has 3 aromatic rings. The van der Waals surface area contributed by atoms with Crippen LogP contribution in [-0.2, 0) is 6.42 Å². The fourth-order valence-electron chi connectivity index (χ4n) is 5.30. The van der Waals surface area contributed by atoms with Crippen LogP contribution in [0.1, 0.15) is 37.7 Å². The van der Waals surface area contributed by atoms with Crippen molar-refractivity contribution in [1.82, 2.24) is 15.3 Å². The van der Waals surface area contributed by atoms with E-state index in [0.29, 0.717) is 0 Å². The van der Waals surface area contributed by atoms with Crippen molar-refractivity contribution >= 4 is 28.4 Å². The third kappa shape index (κ3) is 6.26. The minimum atomic E-state index is -0.302. The van der Waals surface area contributed by atoms with Crippen molar-refractivity contribution in [2.75, 3.05) is 44.9 Å². The highest BCUT2D eigenvalue weighted by Crippen LogP contribution is 2.41. The molecular weight excluding hydrogens is 456 g/mol. The molecular formula is C28H38N4O2S. The van der Waals surface area contributed by atoms with Gasteiger partial charge in [0, 0.05) is 31.4 Å². The zero-order chi connectivity index (χ0) is 24.7. The molecule has 4 rings (SSSR count). The molecule has 0 aliphatic carbocycles. The van der Waals surface area contributed by atoms with Crippen LogP contribution in [0.2, 0.25) is 0 Å². The van der Waals surface area contributed by atoms with Gasteiger partial charge in [0.05, 0.1) is 35.6 Å². The molecule has 0 radical (unpaired) electrons. The number of piperidine rings is 1. The summed E-state index contributed by atoms with van der Waals surface area (Å²) in [5, 5.41) is 17.1. The van der Waals surface area contributed by atoms with Crippen molar-refractivity contribution in [3.05, 3.63) is 54.4 Å². The number of thioether (sulfide) groups is 1. The number of aliphatic hydroxyl groups excluding tert-OH is 1. The van der Waals surface area contributed by atoms with Gasteiger partial charge in [-0.15, -0.1) is 11.8 Å². The molecule has 1 unspecified atom stereocenters. The number of nitrogens with one attached hydrogen (secondary N) is 1. The number of anilines is 1. The lowest BCUT2D eigenvalue weighted by atomic mass is 9.70. The van der Waals surface area contributed by atoms with E-state index in [1.807, 2.05) is 42.7 Å². The number of hydrogen-bond donors (Lipinski definition) is 2. The second-order valence-corrected chi connectivity index (χ2v) is 10.8. The van der Waals surface area contributed by atoms with Gasteiger partial charge < -0.3 is 20.1 Å². The molecule has 3 heterocycles. The highest BCUT2D eigenvalue weighted by atomic mass is 32.2. The largest absolute Gasteiger partial charge is 0.497 e. The Morgan fingerprint density at radius 1 is 1.17 bits per heavy atom. The predicted molar refractivity (Wildman–Crippen MR) is 146 cm³/mol. The molecule has 188 valence electrons. The van der Waals surface area contributed by atoms with Crippen LogP contribution in [0.5, 0.6) is 5.75 Å². The van der Waals surface area contributed by atoms with E-state index < -0.39 is 0 Å². The van der Waals surface area contributed by atoms with Crippen LogP contribution < -0.4 is 15.0 Å². The Morgan fingerprint density at radius 2 is 2.00 bits per heavy atom. The molecule has 1 fully saturated rings. The third-order valence-electron chi connectivity index (χ3n) is 7.33. The molecule has 1 saturated heterocycles. The van der Waals surface area contributed by atoms with E-state index in [-0.39, 0.29) is 11.5 Å². The van der Waals surface area contributed by atoms with Crippen LogP contribution in [0.4, 0.5) is 5.69 Å². The number of rotatable bonds is 11. The number of ether oxygens (including phenoxy) is 1. The first-order chi connectivity index (χ1) is 17.0. The quantitative estimate of drug-likeness (QED) is 0.366. The smallest absolute Gasteiger partial charge is 0.119 e. The van der Waals surface area contributed by atoms with E-state index >= 15 is 0 Å². The Balaban J connectivity index is 1.47. The number of fused-ring (bicyclic) bond motifs is 1. The number of methoxy groups -OCH3 is 1. The SMILES string of the molecule is COc1ccc2ncc(N(C)C)c(CCCC3(C(O)CCSc4ccccn4)CCNCC3)c2c1. The van der Waals surface area contributed by atoms with Crippen molar-refractivity contribution < 1.29 is 9.84 Å². The molecule has 2 aromatic heterocycles. The Bertz CT molecular complexity index is 1090. The summed E-state index contributed by atoms with van der Waals surface area (Å²) in [5.74, 6) is 1.74. The van der Waals surface area contributed by atoms with Crippen molar-refractivity contribution in [3.63, 3.8) is 0 Å². The zero-order valence-corrected chi connectivity index (χ0v) is 22.0. The highest BCUT2D eigenvalue weighted by Gasteiger charge is 2.38. The van der Waals surface area contributed by atoms with E-state index in [1.165, 1.54) is 5.56 Å². The molecule has 0 bridgehead atoms. The van der Waals surface area contributed by atoms with E-state index in [0.717, 1.165) is 84.7 Å². The lowest BCUT2D eigenvalue weighted by Crippen LogP contribution is -2.44. The first-order valence-electron chi connectivity index (χ1n) is 12.6. The molecule has 0 amide bonds. The maximum atomic E-state index is 11.4. The van der Waals surface area contributed by atoms with Crippen LogP contribution in [0.3, 0.4) is 0 Å². The van der Waals surface area contributed by atoms with Gasteiger partial charge in [0.1, 0.15) is 5.75 Å². The van der Waals surface area contributed by atoms with E-state index in [9.17, 15) is 5.11 Å². The average molecular weight is 495 g/mol. The molecule has 2 N–H and O–H groups in total. The topological polar surface area (TPSA) is 70.5 Å². The monoisotopic (exact) mass is 494 g/mol. The standard InChI is InChI=1S/C28H38N4O2S/c1-32(2)25-20-31-24-10-9-21(34-3)19-23(24)22(25)7-6-12-28(13-16-29-17-14-28)26(33)11-18-35-27-8-4-5-15-30-27/h4-5,8-10,15,19-20,26,29,33H,6-7,11-14,16-18H2,1-3H3. The average Bonchev–Trinajstić information content (AvgIpc) is 2.89. The fourth-order valence-corrected chi connectivity index (χ4v) is 6.16. The Labute approximate surface area is 213 Å². The second-order valence-electron chi connectivity index (χ2n) is 9.69. The van der Waals surface area contributed by atoms with Gasteiger partial charge in [-0.3, -0.25) is 4.98 Å². The number of aryl methyl sites for hydroxylation is 1. The Morgan fingerprint density at radius 3 is 2.71 bits per heavy atom. The van der Waals surface area contributed by atoms with Gasteiger partial charge in [0.15, 0.2) is 0 Å². The summed E-state index contributed by atoms with van der Waals surface area (Å²) in [6.45, 7) is 1.95. The highest BCUT2D eigenvalue weighted by molar-refractivity contribution is 7.99. The Kier molecular flexibility index (Phi) is 8.87. The van der Waals surface area contributed by atoms with Gasteiger partial charge in [-0.1, -0.05) is 6.07 Å². The predicted octanol–water partition coefficient (Wildman–Crippen LogP) is 4.94. The Hall–Kier alpha value is -2.35. The molecule has 6 nitrogen and oxygen atoms in total. The summed E-state index contributed by atoms with van der Waals surface area (Å²) < 4.78 is 5.51. The molecule has 1 aromatic carbocycles. The van der Waals surface area contributed by atoms with Gasteiger partial charge in [-0.25, -0.2) is 4.98 Å². The van der Waals surface area contributed by atoms with E-state index in [2.05, 4.69) is 40.3 Å². The number of hydrogen-bond acceptors (Lipinski definition) is 7. The summed E-state index contributed by atoms with van der Waals surface area (Å²) in [6.07, 6.45) is 9.34. The molecule has 1 aliphatic rings. The molecule has 0 spiro atoms. The zero-order valence-electron chi connectivity index (χ0n) is 21.2. The maximum Gasteiger partial charge on any atom is 0.119 e. The molecule has 1 atom stereocenters. The molecule has 7 heteroatoms. The summed E-state index contributed by atoms with van der Waals surface area (Å²) >= 11 is 1.73. The van der Waals surface area contributed by atoms with Crippen molar-refractivity contribution in [3.8, 4) is 5.75 Å². The number of aliphatic hydroxyl groups is 1. The lowest BCUT2D eigenvalue weighted by Gasteiger charge is -2.42. The van der Waals surface area contributed by atoms with E-state index in [4.69, 9.17) is 4.74 Å². The second kappa shape index (κ2) is 12.1. The van der Waals surface area contributed by atoms with Crippen molar-refractivity contribution in [2.45, 2.75) is 49.7 Å². The lowest BCUT2D eigenvalue weighted by molar-refractivity contribution is -0.00828. The van der Waals surface area contributed by atoms with Gasteiger partial charge in [-0.2, -0.15) is 0 Å². The van der Waals surface area contributed by atoms with Gasteiger partial charge in [0.2, 0.25) is 0 Å². The molecule has 1 aliphatic heterocycles. The summed E-state index contributed by atoms with van der Waals surface area (Å²) in [4.78, 5) is 11.2. The van der Waals surface area contributed by atoms with Gasteiger partial charge >= 0.3 is 0 Å². The molecule has 0 saturated carbocycles. The van der Waals surface area contributed by atoms with Crippen LogP contribution >= 0.6 is 11.8 Å². The summed E-state index contributed by atoms with van der Waals surface area (Å²) in [7, 11) is 5.85. The molecule has 35 heavy (non-hydrogen) atoms. The fraction of sp³-hybridized carbons (Fsp3) is 0.500. The number of aromatic nitrogens is 2. The van der Waals surface area contributed by atoms with Crippen molar-refractivity contribution in [1.29, 1.82) is 0 Å². The van der Waals surface area contributed by atoms with Gasteiger partial charge in [0.25, 0.3) is 0 Å². The van der Waals surface area contributed by atoms with Gasteiger partial charge in [-0.05, 0) is 92.9 Å². The van der Waals surface area contributed by atoms with Crippen molar-refractivity contribution in [2.24, 2.45) is 5.41 Å². The number of benzene rings is 1. The number of pyridine rings is 2. The van der Waals surface area contributed by atoms with Crippen LogP contribution in [0.15, 0.2) is 53.8 Å².